The zero-order valence-electron chi connectivity index (χ0n) is 9.08. The van der Waals surface area contributed by atoms with Gasteiger partial charge in [0.1, 0.15) is 5.69 Å². The quantitative estimate of drug-likeness (QED) is 0.795. The molecule has 1 heterocycles. The summed E-state index contributed by atoms with van der Waals surface area (Å²) in [4.78, 5) is 11.6. The lowest BCUT2D eigenvalue weighted by atomic mass is 9.89. The van der Waals surface area contributed by atoms with Gasteiger partial charge in [-0.15, -0.1) is 11.6 Å². The van der Waals surface area contributed by atoms with Gasteiger partial charge in [-0.3, -0.25) is 9.89 Å². The average Bonchev–Trinajstić information content (AvgIpc) is 2.81. The Balaban J connectivity index is 1.80. The molecule has 4 nitrogen and oxygen atoms in total. The second-order valence-corrected chi connectivity index (χ2v) is 4.80. The number of aromatic nitrogens is 2. The summed E-state index contributed by atoms with van der Waals surface area (Å²) in [6.07, 6.45) is 6.16. The summed E-state index contributed by atoms with van der Waals surface area (Å²) in [5, 5.41) is 9.48. The van der Waals surface area contributed by atoms with Crippen molar-refractivity contribution in [1.29, 1.82) is 0 Å². The van der Waals surface area contributed by atoms with Crippen molar-refractivity contribution in [1.82, 2.24) is 15.5 Å². The number of carbonyl (C=O) groups is 1. The van der Waals surface area contributed by atoms with Gasteiger partial charge in [0.05, 0.1) is 0 Å². The Bertz CT molecular complexity index is 339. The van der Waals surface area contributed by atoms with E-state index in [0.29, 0.717) is 18.2 Å². The fourth-order valence-electron chi connectivity index (χ4n) is 2.09. The summed E-state index contributed by atoms with van der Waals surface area (Å²) in [6, 6.07) is 1.66. The smallest absolute Gasteiger partial charge is 0.269 e. The van der Waals surface area contributed by atoms with E-state index in [4.69, 9.17) is 11.6 Å². The van der Waals surface area contributed by atoms with Crippen molar-refractivity contribution in [3.8, 4) is 0 Å². The second-order valence-electron chi connectivity index (χ2n) is 4.24. The molecule has 0 radical (unpaired) electrons. The molecule has 1 fully saturated rings. The molecule has 0 bridgehead atoms. The van der Waals surface area contributed by atoms with Crippen LogP contribution in [0.2, 0.25) is 0 Å². The highest BCUT2D eigenvalue weighted by Crippen LogP contribution is 2.27. The molecule has 0 aliphatic heterocycles. The maximum atomic E-state index is 11.6. The van der Waals surface area contributed by atoms with Crippen LogP contribution in [0, 0.1) is 5.92 Å². The molecule has 16 heavy (non-hydrogen) atoms. The van der Waals surface area contributed by atoms with E-state index in [0.717, 1.165) is 12.8 Å². The van der Waals surface area contributed by atoms with E-state index < -0.39 is 0 Å². The van der Waals surface area contributed by atoms with Gasteiger partial charge in [-0.1, -0.05) is 12.8 Å². The molecule has 2 unspecified atom stereocenters. The van der Waals surface area contributed by atoms with E-state index in [1.165, 1.54) is 12.8 Å². The number of hydrogen-bond acceptors (Lipinski definition) is 2. The lowest BCUT2D eigenvalue weighted by Gasteiger charge is -2.26. The monoisotopic (exact) mass is 241 g/mol. The number of alkyl halides is 1. The molecular formula is C11H16ClN3O. The van der Waals surface area contributed by atoms with Gasteiger partial charge < -0.3 is 5.32 Å². The minimum Gasteiger partial charge on any atom is -0.350 e. The van der Waals surface area contributed by atoms with Crippen molar-refractivity contribution in [2.24, 2.45) is 5.92 Å². The zero-order valence-corrected chi connectivity index (χ0v) is 9.83. The Labute approximate surface area is 99.8 Å². The Morgan fingerprint density at radius 1 is 1.56 bits per heavy atom. The molecule has 5 heteroatoms. The summed E-state index contributed by atoms with van der Waals surface area (Å²) in [5.41, 5.74) is 0.502. The highest BCUT2D eigenvalue weighted by atomic mass is 35.5. The summed E-state index contributed by atoms with van der Waals surface area (Å²) in [6.45, 7) is 0.659. The third kappa shape index (κ3) is 2.76. The summed E-state index contributed by atoms with van der Waals surface area (Å²) >= 11 is 6.22. The summed E-state index contributed by atoms with van der Waals surface area (Å²) in [5.74, 6) is 0.300. The average molecular weight is 242 g/mol. The molecule has 2 N–H and O–H groups in total. The topological polar surface area (TPSA) is 57.8 Å². The van der Waals surface area contributed by atoms with E-state index >= 15 is 0 Å². The van der Waals surface area contributed by atoms with Gasteiger partial charge >= 0.3 is 0 Å². The maximum absolute atomic E-state index is 11.6. The van der Waals surface area contributed by atoms with Crippen LogP contribution in [0.25, 0.3) is 0 Å². The number of nitrogens with zero attached hydrogens (tertiary/aromatic N) is 1. The Morgan fingerprint density at radius 3 is 3.06 bits per heavy atom. The SMILES string of the molecule is O=C(NCC1CCCCC1Cl)c1ccn[nH]1. The molecule has 0 spiro atoms. The molecule has 2 rings (SSSR count). The third-order valence-corrected chi connectivity index (χ3v) is 3.66. The van der Waals surface area contributed by atoms with Crippen LogP contribution in [-0.2, 0) is 0 Å². The van der Waals surface area contributed by atoms with E-state index in [1.54, 1.807) is 12.3 Å². The van der Waals surface area contributed by atoms with Gasteiger partial charge in [-0.05, 0) is 24.8 Å². The maximum Gasteiger partial charge on any atom is 0.269 e. The molecule has 1 aromatic heterocycles. The van der Waals surface area contributed by atoms with E-state index in [9.17, 15) is 4.79 Å². The molecule has 2 atom stereocenters. The molecule has 1 amide bonds. The molecular weight excluding hydrogens is 226 g/mol. The van der Waals surface area contributed by atoms with E-state index in [1.807, 2.05) is 0 Å². The van der Waals surface area contributed by atoms with E-state index in [2.05, 4.69) is 15.5 Å². The van der Waals surface area contributed by atoms with Crippen molar-refractivity contribution < 1.29 is 4.79 Å². The Kier molecular flexibility index (Phi) is 3.83. The number of rotatable bonds is 3. The first-order chi connectivity index (χ1) is 7.77. The number of carbonyl (C=O) groups excluding carboxylic acids is 1. The molecule has 0 saturated heterocycles. The van der Waals surface area contributed by atoms with Crippen molar-refractivity contribution in [2.45, 2.75) is 31.1 Å². The molecule has 1 aliphatic rings. The number of amides is 1. The van der Waals surface area contributed by atoms with Crippen LogP contribution in [0.15, 0.2) is 12.3 Å². The predicted octanol–water partition coefficient (Wildman–Crippen LogP) is 1.94. The van der Waals surface area contributed by atoms with Gasteiger partial charge in [-0.2, -0.15) is 5.10 Å². The van der Waals surface area contributed by atoms with Crippen molar-refractivity contribution in [2.75, 3.05) is 6.54 Å². The third-order valence-electron chi connectivity index (χ3n) is 3.09. The Morgan fingerprint density at radius 2 is 2.38 bits per heavy atom. The predicted molar refractivity (Wildman–Crippen MR) is 62.5 cm³/mol. The molecule has 0 aromatic carbocycles. The highest BCUT2D eigenvalue weighted by Gasteiger charge is 2.23. The van der Waals surface area contributed by atoms with Crippen LogP contribution in [0.5, 0.6) is 0 Å². The lowest BCUT2D eigenvalue weighted by Crippen LogP contribution is -2.34. The molecule has 1 saturated carbocycles. The zero-order chi connectivity index (χ0) is 11.4. The largest absolute Gasteiger partial charge is 0.350 e. The molecule has 88 valence electrons. The number of hydrogen-bond donors (Lipinski definition) is 2. The fraction of sp³-hybridized carbons (Fsp3) is 0.636. The minimum atomic E-state index is -0.105. The van der Waals surface area contributed by atoms with Crippen LogP contribution in [0.3, 0.4) is 0 Å². The lowest BCUT2D eigenvalue weighted by molar-refractivity contribution is 0.0939. The Hall–Kier alpha value is -1.03. The normalized spacial score (nSPS) is 25.3. The van der Waals surface area contributed by atoms with Crippen molar-refractivity contribution in [3.63, 3.8) is 0 Å². The summed E-state index contributed by atoms with van der Waals surface area (Å²) < 4.78 is 0. The first-order valence-corrected chi connectivity index (χ1v) is 6.12. The molecule has 1 aliphatic carbocycles. The second kappa shape index (κ2) is 5.34. The minimum absolute atomic E-state index is 0.105. The van der Waals surface area contributed by atoms with Gasteiger partial charge in [0.2, 0.25) is 0 Å². The van der Waals surface area contributed by atoms with Crippen LogP contribution in [0.4, 0.5) is 0 Å². The van der Waals surface area contributed by atoms with Gasteiger partial charge in [0, 0.05) is 18.1 Å². The van der Waals surface area contributed by atoms with Crippen LogP contribution < -0.4 is 5.32 Å². The summed E-state index contributed by atoms with van der Waals surface area (Å²) in [7, 11) is 0. The molecule has 1 aromatic rings. The van der Waals surface area contributed by atoms with Crippen LogP contribution >= 0.6 is 11.6 Å². The fourth-order valence-corrected chi connectivity index (χ4v) is 2.46. The number of nitrogens with one attached hydrogen (secondary N) is 2. The van der Waals surface area contributed by atoms with Crippen LogP contribution in [0.1, 0.15) is 36.2 Å². The van der Waals surface area contributed by atoms with Crippen molar-refractivity contribution >= 4 is 17.5 Å². The van der Waals surface area contributed by atoms with Gasteiger partial charge in [0.25, 0.3) is 5.91 Å². The van der Waals surface area contributed by atoms with Gasteiger partial charge in [-0.25, -0.2) is 0 Å². The highest BCUT2D eigenvalue weighted by molar-refractivity contribution is 6.20. The van der Waals surface area contributed by atoms with Gasteiger partial charge in [0.15, 0.2) is 0 Å². The number of aromatic amines is 1. The standard InChI is InChI=1S/C11H16ClN3O/c12-9-4-2-1-3-8(9)7-13-11(16)10-5-6-14-15-10/h5-6,8-9H,1-4,7H2,(H,13,16)(H,14,15). The first-order valence-electron chi connectivity index (χ1n) is 5.69. The first kappa shape index (κ1) is 11.5. The number of H-pyrrole nitrogens is 1. The van der Waals surface area contributed by atoms with Crippen molar-refractivity contribution in [3.05, 3.63) is 18.0 Å². The number of halogens is 1. The van der Waals surface area contributed by atoms with E-state index in [-0.39, 0.29) is 11.3 Å². The van der Waals surface area contributed by atoms with Crippen LogP contribution in [-0.4, -0.2) is 28.0 Å².